The molecule has 0 atom stereocenters. The smallest absolute Gasteiger partial charge is 0.328 e. The van der Waals surface area contributed by atoms with Crippen molar-refractivity contribution in [3.8, 4) is 0 Å². The fourth-order valence-corrected chi connectivity index (χ4v) is 1.53. The summed E-state index contributed by atoms with van der Waals surface area (Å²) in [6.07, 6.45) is 0. The Balaban J connectivity index is 2.89. The molecule has 5 nitrogen and oxygen atoms in total. The zero-order chi connectivity index (χ0) is 7.78. The van der Waals surface area contributed by atoms with Gasteiger partial charge in [-0.05, 0) is 0 Å². The minimum atomic E-state index is -3.51. The molecule has 10 heavy (non-hydrogen) atoms. The highest BCUT2D eigenvalue weighted by atomic mass is 32.2. The molecule has 0 amide bonds. The van der Waals surface area contributed by atoms with Crippen LogP contribution in [0, 0.1) is 0 Å². The second kappa shape index (κ2) is 2.05. The molecule has 1 aliphatic heterocycles. The highest BCUT2D eigenvalue weighted by Crippen LogP contribution is 2.00. The molecule has 0 aromatic rings. The van der Waals surface area contributed by atoms with Gasteiger partial charge in [0.1, 0.15) is 11.5 Å². The largest absolute Gasteiger partial charge is 0.392 e. The molecule has 0 spiro atoms. The van der Waals surface area contributed by atoms with E-state index in [0.717, 1.165) is 0 Å². The van der Waals surface area contributed by atoms with E-state index in [0.29, 0.717) is 0 Å². The molecule has 0 unspecified atom stereocenters. The molecule has 1 heterocycles. The van der Waals surface area contributed by atoms with E-state index in [9.17, 15) is 18.0 Å². The van der Waals surface area contributed by atoms with E-state index in [1.807, 2.05) is 0 Å². The molecule has 1 fully saturated rings. The van der Waals surface area contributed by atoms with Crippen molar-refractivity contribution >= 4 is 21.8 Å². The van der Waals surface area contributed by atoms with Gasteiger partial charge < -0.3 is 4.74 Å². The first kappa shape index (κ1) is 7.20. The van der Waals surface area contributed by atoms with Crippen LogP contribution in [0.1, 0.15) is 0 Å². The highest BCUT2D eigenvalue weighted by Gasteiger charge is 2.30. The Bertz CT molecular complexity index is 252. The molecular weight excluding hydrogens is 160 g/mol. The SMILES string of the molecule is O=C1CS(=O)(=O)CC(=O)O1. The fourth-order valence-electron chi connectivity index (χ4n) is 0.596. The minimum Gasteiger partial charge on any atom is -0.392 e. The molecule has 0 aromatic carbocycles. The topological polar surface area (TPSA) is 77.5 Å². The molecule has 1 saturated heterocycles. The zero-order valence-corrected chi connectivity index (χ0v) is 5.68. The number of hydrogen-bond acceptors (Lipinski definition) is 5. The Morgan fingerprint density at radius 3 is 1.80 bits per heavy atom. The predicted octanol–water partition coefficient (Wildman–Crippen LogP) is -1.52. The van der Waals surface area contributed by atoms with Crippen molar-refractivity contribution in [2.45, 2.75) is 0 Å². The van der Waals surface area contributed by atoms with Crippen molar-refractivity contribution in [2.75, 3.05) is 11.5 Å². The summed E-state index contributed by atoms with van der Waals surface area (Å²) in [6.45, 7) is 0. The molecule has 0 bridgehead atoms. The van der Waals surface area contributed by atoms with Gasteiger partial charge in [0.2, 0.25) is 0 Å². The lowest BCUT2D eigenvalue weighted by Crippen LogP contribution is -2.34. The summed E-state index contributed by atoms with van der Waals surface area (Å²) in [4.78, 5) is 20.5. The van der Waals surface area contributed by atoms with E-state index in [2.05, 4.69) is 4.74 Å². The average Bonchev–Trinajstić information content (AvgIpc) is 1.54. The quantitative estimate of drug-likeness (QED) is 0.321. The minimum absolute atomic E-state index is 0.682. The maximum atomic E-state index is 10.5. The van der Waals surface area contributed by atoms with Crippen LogP contribution < -0.4 is 0 Å². The second-order valence-electron chi connectivity index (χ2n) is 1.88. The van der Waals surface area contributed by atoms with E-state index in [4.69, 9.17) is 0 Å². The normalized spacial score (nSPS) is 24.0. The van der Waals surface area contributed by atoms with Crippen LogP contribution in [0.15, 0.2) is 0 Å². The lowest BCUT2D eigenvalue weighted by atomic mass is 10.7. The van der Waals surface area contributed by atoms with Crippen LogP contribution in [0.3, 0.4) is 0 Å². The Hall–Kier alpha value is -0.910. The Labute approximate surface area is 56.9 Å². The molecule has 56 valence electrons. The number of rotatable bonds is 0. The van der Waals surface area contributed by atoms with Crippen molar-refractivity contribution in [1.82, 2.24) is 0 Å². The number of esters is 2. The van der Waals surface area contributed by atoms with Crippen LogP contribution in [0.4, 0.5) is 0 Å². The van der Waals surface area contributed by atoms with Gasteiger partial charge in [0.25, 0.3) is 0 Å². The van der Waals surface area contributed by atoms with Gasteiger partial charge in [0.05, 0.1) is 0 Å². The molecule has 0 N–H and O–H groups in total. The predicted molar refractivity (Wildman–Crippen MR) is 29.8 cm³/mol. The van der Waals surface area contributed by atoms with Crippen LogP contribution in [-0.4, -0.2) is 31.9 Å². The molecular formula is C4H4O5S. The third-order valence-electron chi connectivity index (χ3n) is 0.903. The Morgan fingerprint density at radius 1 is 1.10 bits per heavy atom. The van der Waals surface area contributed by atoms with Crippen LogP contribution in [-0.2, 0) is 24.2 Å². The number of carbonyl (C=O) groups is 2. The third kappa shape index (κ3) is 1.53. The standard InChI is InChI=1S/C4H4O5S/c5-3-1-10(7,8)2-4(6)9-3/h1-2H2. The summed E-state index contributed by atoms with van der Waals surface area (Å²) < 4.78 is 25.1. The average molecular weight is 164 g/mol. The second-order valence-corrected chi connectivity index (χ2v) is 3.94. The summed E-state index contributed by atoms with van der Waals surface area (Å²) in [6, 6.07) is 0. The van der Waals surface area contributed by atoms with Crippen molar-refractivity contribution in [2.24, 2.45) is 0 Å². The summed E-state index contributed by atoms with van der Waals surface area (Å²) in [5, 5.41) is 0. The van der Waals surface area contributed by atoms with Gasteiger partial charge in [-0.15, -0.1) is 0 Å². The Morgan fingerprint density at radius 2 is 1.50 bits per heavy atom. The van der Waals surface area contributed by atoms with Crippen LogP contribution >= 0.6 is 0 Å². The number of carbonyl (C=O) groups excluding carboxylic acids is 2. The molecule has 0 aliphatic carbocycles. The van der Waals surface area contributed by atoms with Crippen LogP contribution in [0.5, 0.6) is 0 Å². The zero-order valence-electron chi connectivity index (χ0n) is 4.86. The van der Waals surface area contributed by atoms with Crippen molar-refractivity contribution in [1.29, 1.82) is 0 Å². The van der Waals surface area contributed by atoms with Crippen LogP contribution in [0.2, 0.25) is 0 Å². The first-order chi connectivity index (χ1) is 4.49. The molecule has 0 saturated carbocycles. The van der Waals surface area contributed by atoms with Crippen LogP contribution in [0.25, 0.3) is 0 Å². The molecule has 6 heteroatoms. The van der Waals surface area contributed by atoms with E-state index >= 15 is 0 Å². The molecule has 1 aliphatic rings. The summed E-state index contributed by atoms with van der Waals surface area (Å²) in [7, 11) is -3.51. The number of hydrogen-bond donors (Lipinski definition) is 0. The monoisotopic (exact) mass is 164 g/mol. The van der Waals surface area contributed by atoms with Gasteiger partial charge in [0.15, 0.2) is 9.84 Å². The summed E-state index contributed by atoms with van der Waals surface area (Å²) in [5.74, 6) is -3.34. The van der Waals surface area contributed by atoms with Crippen molar-refractivity contribution < 1.29 is 22.7 Å². The van der Waals surface area contributed by atoms with E-state index in [1.165, 1.54) is 0 Å². The lowest BCUT2D eigenvalue weighted by Gasteiger charge is -2.08. The highest BCUT2D eigenvalue weighted by molar-refractivity contribution is 7.92. The van der Waals surface area contributed by atoms with Gasteiger partial charge in [-0.3, -0.25) is 9.59 Å². The lowest BCUT2D eigenvalue weighted by molar-refractivity contribution is -0.156. The Kier molecular flexibility index (Phi) is 1.47. The third-order valence-corrected chi connectivity index (χ3v) is 2.25. The molecule has 0 aromatic heterocycles. The van der Waals surface area contributed by atoms with E-state index in [-0.39, 0.29) is 0 Å². The number of ether oxygens (including phenoxy) is 1. The van der Waals surface area contributed by atoms with Gasteiger partial charge in [-0.1, -0.05) is 0 Å². The van der Waals surface area contributed by atoms with Gasteiger partial charge in [0, 0.05) is 0 Å². The number of cyclic esters (lactones) is 2. The van der Waals surface area contributed by atoms with E-state index in [1.54, 1.807) is 0 Å². The summed E-state index contributed by atoms with van der Waals surface area (Å²) in [5.41, 5.74) is 0. The first-order valence-corrected chi connectivity index (χ1v) is 4.26. The number of sulfone groups is 1. The van der Waals surface area contributed by atoms with E-state index < -0.39 is 33.3 Å². The van der Waals surface area contributed by atoms with Crippen molar-refractivity contribution in [3.05, 3.63) is 0 Å². The first-order valence-electron chi connectivity index (χ1n) is 2.43. The maximum Gasteiger partial charge on any atom is 0.328 e. The van der Waals surface area contributed by atoms with Gasteiger partial charge in [-0.25, -0.2) is 8.42 Å². The van der Waals surface area contributed by atoms with Gasteiger partial charge >= 0.3 is 11.9 Å². The fraction of sp³-hybridized carbons (Fsp3) is 0.500. The summed E-state index contributed by atoms with van der Waals surface area (Å²) >= 11 is 0. The van der Waals surface area contributed by atoms with Gasteiger partial charge in [-0.2, -0.15) is 0 Å². The maximum absolute atomic E-state index is 10.5. The van der Waals surface area contributed by atoms with Crippen molar-refractivity contribution in [3.63, 3.8) is 0 Å². The molecule has 1 rings (SSSR count). The molecule has 0 radical (unpaired) electrons.